The van der Waals surface area contributed by atoms with Crippen molar-refractivity contribution in [2.75, 3.05) is 6.54 Å². The maximum Gasteiger partial charge on any atom is 0.331 e. The molecule has 1 N–H and O–H groups in total. The lowest BCUT2D eigenvalue weighted by Crippen LogP contribution is -2.42. The monoisotopic (exact) mass is 251 g/mol. The van der Waals surface area contributed by atoms with Gasteiger partial charge in [0.05, 0.1) is 0 Å². The van der Waals surface area contributed by atoms with Gasteiger partial charge >= 0.3 is 5.97 Å². The van der Waals surface area contributed by atoms with E-state index >= 15 is 0 Å². The number of hydrogen-bond donors (Lipinski definition) is 1. The molecule has 0 radical (unpaired) electrons. The number of hydrogen-bond acceptors (Lipinski definition) is 3. The van der Waals surface area contributed by atoms with E-state index in [1.807, 2.05) is 5.38 Å². The molecule has 0 saturated heterocycles. The molecule has 1 aliphatic rings. The summed E-state index contributed by atoms with van der Waals surface area (Å²) in [7, 11) is 0. The van der Waals surface area contributed by atoms with Crippen molar-refractivity contribution in [3.05, 3.63) is 34.5 Å². The van der Waals surface area contributed by atoms with Crippen LogP contribution < -0.4 is 0 Å². The Morgan fingerprint density at radius 3 is 3.06 bits per heavy atom. The molecule has 1 amide bonds. The van der Waals surface area contributed by atoms with Crippen molar-refractivity contribution in [1.29, 1.82) is 0 Å². The van der Waals surface area contributed by atoms with Crippen molar-refractivity contribution < 1.29 is 14.7 Å². The molecule has 0 aromatic carbocycles. The third-order valence-corrected chi connectivity index (χ3v) is 3.84. The van der Waals surface area contributed by atoms with E-state index in [4.69, 9.17) is 0 Å². The van der Waals surface area contributed by atoms with Crippen molar-refractivity contribution in [2.45, 2.75) is 18.9 Å². The first-order valence-corrected chi connectivity index (χ1v) is 6.22. The molecular formula is C12H13NO3S. The van der Waals surface area contributed by atoms with Crippen LogP contribution in [0.25, 0.3) is 0 Å². The normalized spacial score (nSPS) is 18.6. The number of carbonyl (C=O) groups is 2. The number of fused-ring (bicyclic) bond motifs is 1. The fraction of sp³-hybridized carbons (Fsp3) is 0.333. The van der Waals surface area contributed by atoms with Crippen LogP contribution in [-0.2, 0) is 16.0 Å². The van der Waals surface area contributed by atoms with Crippen LogP contribution in [0, 0.1) is 0 Å². The van der Waals surface area contributed by atoms with Gasteiger partial charge in [0.25, 0.3) is 0 Å². The summed E-state index contributed by atoms with van der Waals surface area (Å²) in [5.41, 5.74) is 0.756. The van der Waals surface area contributed by atoms with Crippen molar-refractivity contribution >= 4 is 23.2 Å². The van der Waals surface area contributed by atoms with Gasteiger partial charge in [-0.3, -0.25) is 4.79 Å². The minimum absolute atomic E-state index is 0.177. The van der Waals surface area contributed by atoms with Gasteiger partial charge in [0.2, 0.25) is 5.91 Å². The van der Waals surface area contributed by atoms with Crippen molar-refractivity contribution in [1.82, 2.24) is 4.90 Å². The predicted octanol–water partition coefficient (Wildman–Crippen LogP) is 1.83. The molecule has 17 heavy (non-hydrogen) atoms. The second-order valence-corrected chi connectivity index (χ2v) is 4.87. The van der Waals surface area contributed by atoms with Crippen LogP contribution in [0.1, 0.15) is 22.9 Å². The van der Waals surface area contributed by atoms with E-state index < -0.39 is 12.0 Å². The number of carboxylic acids is 1. The Bertz CT molecular complexity index is 466. The van der Waals surface area contributed by atoms with E-state index in [-0.39, 0.29) is 12.3 Å². The van der Waals surface area contributed by atoms with E-state index in [9.17, 15) is 14.7 Å². The summed E-state index contributed by atoms with van der Waals surface area (Å²) in [4.78, 5) is 25.7. The highest BCUT2D eigenvalue weighted by Crippen LogP contribution is 2.33. The third kappa shape index (κ3) is 2.10. The smallest absolute Gasteiger partial charge is 0.331 e. The molecule has 1 aromatic rings. The van der Waals surface area contributed by atoms with Crippen LogP contribution in [0.15, 0.2) is 24.1 Å². The maximum absolute atomic E-state index is 11.8. The zero-order valence-corrected chi connectivity index (χ0v) is 10.1. The molecule has 2 rings (SSSR count). The molecule has 5 heteroatoms. The lowest BCUT2D eigenvalue weighted by molar-refractivity contribution is -0.150. The Balaban J connectivity index is 2.33. The molecule has 90 valence electrons. The number of amides is 1. The average molecular weight is 251 g/mol. The average Bonchev–Trinajstić information content (AvgIpc) is 2.75. The minimum Gasteiger partial charge on any atom is -0.479 e. The lowest BCUT2D eigenvalue weighted by atomic mass is 9.99. The van der Waals surface area contributed by atoms with E-state index in [0.717, 1.165) is 16.9 Å². The molecule has 0 bridgehead atoms. The Morgan fingerprint density at radius 1 is 1.65 bits per heavy atom. The van der Waals surface area contributed by atoms with E-state index in [2.05, 4.69) is 6.58 Å². The molecule has 1 unspecified atom stereocenters. The number of thiophene rings is 1. The molecular weight excluding hydrogens is 238 g/mol. The van der Waals surface area contributed by atoms with E-state index in [1.54, 1.807) is 17.4 Å². The SMILES string of the molecule is C=CCC(=O)N1CCc2sccc2C1C(=O)O. The first-order chi connectivity index (χ1) is 8.15. The maximum atomic E-state index is 11.8. The van der Waals surface area contributed by atoms with Gasteiger partial charge in [0.15, 0.2) is 6.04 Å². The van der Waals surface area contributed by atoms with Crippen molar-refractivity contribution in [3.63, 3.8) is 0 Å². The molecule has 0 saturated carbocycles. The van der Waals surface area contributed by atoms with Crippen LogP contribution >= 0.6 is 11.3 Å². The number of nitrogens with zero attached hydrogens (tertiary/aromatic N) is 1. The second kappa shape index (κ2) is 4.71. The summed E-state index contributed by atoms with van der Waals surface area (Å²) in [5.74, 6) is -1.15. The van der Waals surface area contributed by atoms with Gasteiger partial charge in [-0.15, -0.1) is 17.9 Å². The molecule has 2 heterocycles. The number of carboxylic acid groups (broad SMARTS) is 1. The summed E-state index contributed by atoms with van der Waals surface area (Å²) in [6, 6.07) is 0.962. The minimum atomic E-state index is -0.971. The highest BCUT2D eigenvalue weighted by Gasteiger charge is 2.35. The largest absolute Gasteiger partial charge is 0.479 e. The molecule has 0 fully saturated rings. The zero-order valence-electron chi connectivity index (χ0n) is 9.26. The Kier molecular flexibility index (Phi) is 3.28. The predicted molar refractivity (Wildman–Crippen MR) is 64.9 cm³/mol. The van der Waals surface area contributed by atoms with Crippen molar-refractivity contribution in [2.24, 2.45) is 0 Å². The standard InChI is InChI=1S/C12H13NO3S/c1-2-3-10(14)13-6-4-9-8(5-7-17-9)11(13)12(15)16/h2,5,7,11H,1,3-4,6H2,(H,15,16). The first kappa shape index (κ1) is 11.9. The van der Waals surface area contributed by atoms with Gasteiger partial charge in [0, 0.05) is 17.8 Å². The molecule has 0 spiro atoms. The fourth-order valence-corrected chi connectivity index (χ4v) is 3.00. The van der Waals surface area contributed by atoms with Crippen molar-refractivity contribution in [3.8, 4) is 0 Å². The van der Waals surface area contributed by atoms with Crippen LogP contribution in [0.2, 0.25) is 0 Å². The quantitative estimate of drug-likeness (QED) is 0.834. The van der Waals surface area contributed by atoms with Gasteiger partial charge in [-0.25, -0.2) is 4.79 Å². The summed E-state index contributed by atoms with van der Waals surface area (Å²) in [5, 5.41) is 11.2. The molecule has 1 aliphatic heterocycles. The Labute approximate surface area is 103 Å². The van der Waals surface area contributed by atoms with Gasteiger partial charge < -0.3 is 10.0 Å². The third-order valence-electron chi connectivity index (χ3n) is 2.84. The Morgan fingerprint density at radius 2 is 2.41 bits per heavy atom. The summed E-state index contributed by atoms with van der Waals surface area (Å²) in [6.45, 7) is 3.98. The zero-order chi connectivity index (χ0) is 12.4. The first-order valence-electron chi connectivity index (χ1n) is 5.34. The lowest BCUT2D eigenvalue weighted by Gasteiger charge is -2.33. The van der Waals surface area contributed by atoms with Gasteiger partial charge in [-0.05, 0) is 23.4 Å². The molecule has 4 nitrogen and oxygen atoms in total. The highest BCUT2D eigenvalue weighted by molar-refractivity contribution is 7.10. The molecule has 1 aromatic heterocycles. The summed E-state index contributed by atoms with van der Waals surface area (Å²) < 4.78 is 0. The highest BCUT2D eigenvalue weighted by atomic mass is 32.1. The van der Waals surface area contributed by atoms with Gasteiger partial charge in [-0.1, -0.05) is 6.08 Å². The van der Waals surface area contributed by atoms with Crippen LogP contribution in [-0.4, -0.2) is 28.4 Å². The molecule has 1 atom stereocenters. The number of rotatable bonds is 3. The number of aliphatic carboxylic acids is 1. The second-order valence-electron chi connectivity index (χ2n) is 3.87. The van der Waals surface area contributed by atoms with Crippen LogP contribution in [0.3, 0.4) is 0 Å². The fourth-order valence-electron chi connectivity index (χ4n) is 2.09. The van der Waals surface area contributed by atoms with Crippen LogP contribution in [0.5, 0.6) is 0 Å². The summed E-state index contributed by atoms with van der Waals surface area (Å²) in [6.07, 6.45) is 2.42. The van der Waals surface area contributed by atoms with Crippen LogP contribution in [0.4, 0.5) is 0 Å². The topological polar surface area (TPSA) is 57.6 Å². The number of carbonyl (C=O) groups excluding carboxylic acids is 1. The van der Waals surface area contributed by atoms with Gasteiger partial charge in [0.1, 0.15) is 0 Å². The van der Waals surface area contributed by atoms with Gasteiger partial charge in [-0.2, -0.15) is 0 Å². The molecule has 0 aliphatic carbocycles. The Hall–Kier alpha value is -1.62. The van der Waals surface area contributed by atoms with E-state index in [1.165, 1.54) is 11.0 Å². The van der Waals surface area contributed by atoms with E-state index in [0.29, 0.717) is 6.54 Å². The summed E-state index contributed by atoms with van der Waals surface area (Å²) >= 11 is 1.55.